The second kappa shape index (κ2) is 12.2. The lowest BCUT2D eigenvalue weighted by Crippen LogP contribution is -2.08. The van der Waals surface area contributed by atoms with Gasteiger partial charge in [-0.05, 0) is 78.9 Å². The van der Waals surface area contributed by atoms with E-state index in [-0.39, 0.29) is 0 Å². The van der Waals surface area contributed by atoms with E-state index in [9.17, 15) is 0 Å². The summed E-state index contributed by atoms with van der Waals surface area (Å²) >= 11 is 0. The largest absolute Gasteiger partial charge is 0.0622 e. The maximum atomic E-state index is 2.48. The standard InChI is InChI=1S/C44H34Si/c1-5-15-31(16-6-1)35-23-13-25-37-41(35)27-39(33-19-9-3-10-20-33)43(37)29-45-30-44-38-26-14-24-36(32-17-7-2-8-18-32)42(38)28-40(44)34-21-11-4-12-22-34/h1-28,43-44H,29-30H2. The van der Waals surface area contributed by atoms with Crippen LogP contribution in [0.1, 0.15) is 45.2 Å². The quantitative estimate of drug-likeness (QED) is 0.155. The highest BCUT2D eigenvalue weighted by atomic mass is 28.2. The van der Waals surface area contributed by atoms with E-state index in [1.54, 1.807) is 0 Å². The van der Waals surface area contributed by atoms with Gasteiger partial charge in [-0.2, -0.15) is 0 Å². The van der Waals surface area contributed by atoms with Crippen molar-refractivity contribution >= 4 is 32.8 Å². The zero-order valence-corrected chi connectivity index (χ0v) is 26.2. The lowest BCUT2D eigenvalue weighted by Gasteiger charge is -2.21. The molecular weight excluding hydrogens is 557 g/mol. The Morgan fingerprint density at radius 3 is 1.09 bits per heavy atom. The van der Waals surface area contributed by atoms with Crippen LogP contribution in [0.15, 0.2) is 158 Å². The summed E-state index contributed by atoms with van der Waals surface area (Å²) in [6.45, 7) is 0. The highest BCUT2D eigenvalue weighted by molar-refractivity contribution is 6.37. The van der Waals surface area contributed by atoms with Crippen LogP contribution < -0.4 is 0 Å². The van der Waals surface area contributed by atoms with Crippen molar-refractivity contribution in [2.45, 2.75) is 23.9 Å². The summed E-state index contributed by atoms with van der Waals surface area (Å²) in [5.41, 5.74) is 16.6. The molecule has 8 rings (SSSR count). The molecule has 2 unspecified atom stereocenters. The first kappa shape index (κ1) is 27.6. The maximum Gasteiger partial charge on any atom is 0.0397 e. The van der Waals surface area contributed by atoms with Crippen molar-refractivity contribution < 1.29 is 0 Å². The molecule has 1 heteroatoms. The minimum Gasteiger partial charge on any atom is -0.0622 e. The van der Waals surface area contributed by atoms with E-state index in [1.165, 1.54) is 66.8 Å². The smallest absolute Gasteiger partial charge is 0.0397 e. The molecular formula is C44H34Si. The van der Waals surface area contributed by atoms with Gasteiger partial charge < -0.3 is 0 Å². The average molecular weight is 591 g/mol. The van der Waals surface area contributed by atoms with Crippen molar-refractivity contribution in [1.82, 2.24) is 0 Å². The monoisotopic (exact) mass is 590 g/mol. The molecule has 2 radical (unpaired) electrons. The fourth-order valence-corrected chi connectivity index (χ4v) is 8.95. The van der Waals surface area contributed by atoms with Gasteiger partial charge in [-0.25, -0.2) is 0 Å². The van der Waals surface area contributed by atoms with Gasteiger partial charge in [-0.1, -0.05) is 170 Å². The summed E-state index contributed by atoms with van der Waals surface area (Å²) in [6.07, 6.45) is 4.96. The first-order valence-electron chi connectivity index (χ1n) is 16.0. The fraction of sp³-hybridized carbons (Fsp3) is 0.0909. The minimum atomic E-state index is 0.394. The molecule has 0 bridgehead atoms. The molecule has 0 saturated carbocycles. The Bertz CT molecular complexity index is 1860. The molecule has 2 aliphatic rings. The molecule has 2 atom stereocenters. The van der Waals surface area contributed by atoms with Gasteiger partial charge in [-0.3, -0.25) is 0 Å². The molecule has 0 N–H and O–H groups in total. The van der Waals surface area contributed by atoms with E-state index in [1.807, 2.05) is 0 Å². The van der Waals surface area contributed by atoms with Crippen LogP contribution in [-0.4, -0.2) is 9.52 Å². The van der Waals surface area contributed by atoms with Gasteiger partial charge in [0.15, 0.2) is 0 Å². The molecule has 6 aromatic rings. The van der Waals surface area contributed by atoms with E-state index in [2.05, 4.69) is 170 Å². The Balaban J connectivity index is 1.13. The Kier molecular flexibility index (Phi) is 7.46. The Morgan fingerprint density at radius 2 is 0.711 bits per heavy atom. The predicted molar refractivity (Wildman–Crippen MR) is 193 cm³/mol. The molecule has 0 aliphatic heterocycles. The number of fused-ring (bicyclic) bond motifs is 2. The molecule has 0 spiro atoms. The van der Waals surface area contributed by atoms with Crippen LogP contribution in [0.25, 0.3) is 45.6 Å². The second-order valence-electron chi connectivity index (χ2n) is 12.0. The van der Waals surface area contributed by atoms with E-state index in [0.29, 0.717) is 11.8 Å². The fourth-order valence-electron chi connectivity index (χ4n) is 7.32. The summed E-state index contributed by atoms with van der Waals surface area (Å²) in [7, 11) is 0.831. The van der Waals surface area contributed by atoms with Gasteiger partial charge in [-0.15, -0.1) is 0 Å². The summed E-state index contributed by atoms with van der Waals surface area (Å²) in [5, 5.41) is 0. The van der Waals surface area contributed by atoms with Crippen LogP contribution >= 0.6 is 0 Å². The van der Waals surface area contributed by atoms with Gasteiger partial charge in [0.25, 0.3) is 0 Å². The first-order valence-corrected chi connectivity index (χ1v) is 17.4. The van der Waals surface area contributed by atoms with Crippen LogP contribution in [0, 0.1) is 0 Å². The van der Waals surface area contributed by atoms with Crippen molar-refractivity contribution in [1.29, 1.82) is 0 Å². The third kappa shape index (κ3) is 5.24. The molecule has 6 aromatic carbocycles. The van der Waals surface area contributed by atoms with Crippen molar-refractivity contribution in [2.24, 2.45) is 0 Å². The molecule has 0 fully saturated rings. The molecule has 0 nitrogen and oxygen atoms in total. The summed E-state index contributed by atoms with van der Waals surface area (Å²) < 4.78 is 0. The van der Waals surface area contributed by atoms with E-state index in [4.69, 9.17) is 0 Å². The molecule has 0 aromatic heterocycles. The third-order valence-electron chi connectivity index (χ3n) is 9.46. The van der Waals surface area contributed by atoms with Crippen LogP contribution in [0.2, 0.25) is 12.1 Å². The molecule has 214 valence electrons. The van der Waals surface area contributed by atoms with Crippen LogP contribution in [-0.2, 0) is 0 Å². The van der Waals surface area contributed by atoms with Gasteiger partial charge in [0.05, 0.1) is 0 Å². The molecule has 0 heterocycles. The normalized spacial score (nSPS) is 16.5. The van der Waals surface area contributed by atoms with E-state index >= 15 is 0 Å². The molecule has 2 aliphatic carbocycles. The summed E-state index contributed by atoms with van der Waals surface area (Å²) in [6, 6.07) is 59.9. The topological polar surface area (TPSA) is 0 Å². The van der Waals surface area contributed by atoms with E-state index in [0.717, 1.165) is 21.6 Å². The van der Waals surface area contributed by atoms with Crippen molar-refractivity contribution in [3.8, 4) is 22.3 Å². The number of hydrogen-bond acceptors (Lipinski definition) is 0. The molecule has 0 saturated heterocycles. The maximum absolute atomic E-state index is 2.48. The Morgan fingerprint density at radius 1 is 0.356 bits per heavy atom. The number of rotatable bonds is 8. The average Bonchev–Trinajstić information content (AvgIpc) is 3.68. The number of hydrogen-bond donors (Lipinski definition) is 0. The van der Waals surface area contributed by atoms with Crippen molar-refractivity contribution in [3.63, 3.8) is 0 Å². The first-order chi connectivity index (χ1) is 22.3. The van der Waals surface area contributed by atoms with Gasteiger partial charge in [0, 0.05) is 21.4 Å². The molecule has 45 heavy (non-hydrogen) atoms. The highest BCUT2D eigenvalue weighted by Gasteiger charge is 2.31. The van der Waals surface area contributed by atoms with E-state index < -0.39 is 0 Å². The summed E-state index contributed by atoms with van der Waals surface area (Å²) in [5.74, 6) is 0.787. The third-order valence-corrected chi connectivity index (χ3v) is 10.9. The minimum absolute atomic E-state index is 0.394. The van der Waals surface area contributed by atoms with Crippen molar-refractivity contribution in [2.75, 3.05) is 0 Å². The van der Waals surface area contributed by atoms with Crippen LogP contribution in [0.5, 0.6) is 0 Å². The van der Waals surface area contributed by atoms with Gasteiger partial charge >= 0.3 is 0 Å². The van der Waals surface area contributed by atoms with Crippen LogP contribution in [0.4, 0.5) is 0 Å². The zero-order chi connectivity index (χ0) is 30.0. The Hall–Kier alpha value is -4.98. The summed E-state index contributed by atoms with van der Waals surface area (Å²) in [4.78, 5) is 0. The lowest BCUT2D eigenvalue weighted by atomic mass is 9.91. The zero-order valence-electron chi connectivity index (χ0n) is 25.2. The number of benzene rings is 6. The van der Waals surface area contributed by atoms with Gasteiger partial charge in [0.2, 0.25) is 0 Å². The predicted octanol–water partition coefficient (Wildman–Crippen LogP) is 11.5. The lowest BCUT2D eigenvalue weighted by molar-refractivity contribution is 0.954. The Labute approximate surface area is 269 Å². The number of allylic oxidation sites excluding steroid dienone is 2. The van der Waals surface area contributed by atoms with Crippen molar-refractivity contribution in [3.05, 3.63) is 191 Å². The SMILES string of the molecule is C1=C(c2ccccc2)C(C[Si]CC2C(c3ccccc3)=Cc3c(-c4ccccc4)cccc32)c2cccc(-c3ccccc3)c21. The van der Waals surface area contributed by atoms with Crippen LogP contribution in [0.3, 0.4) is 0 Å². The van der Waals surface area contributed by atoms with Gasteiger partial charge in [0.1, 0.15) is 0 Å². The molecule has 0 amide bonds. The highest BCUT2D eigenvalue weighted by Crippen LogP contribution is 2.50. The second-order valence-corrected chi connectivity index (χ2v) is 13.4.